The molecule has 0 fully saturated rings. The van der Waals surface area contributed by atoms with Crippen LogP contribution >= 0.6 is 0 Å². The molecule has 0 bridgehead atoms. The summed E-state index contributed by atoms with van der Waals surface area (Å²) in [6, 6.07) is 3.47. The number of hydrogen-bond donors (Lipinski definition) is 1. The first-order valence-corrected chi connectivity index (χ1v) is 6.07. The maximum Gasteiger partial charge on any atom is 0.335 e. The normalized spacial score (nSPS) is 13.2. The lowest BCUT2D eigenvalue weighted by molar-refractivity contribution is 0.0696. The van der Waals surface area contributed by atoms with E-state index in [-0.39, 0.29) is 17.0 Å². The van der Waals surface area contributed by atoms with Gasteiger partial charge in [0.2, 0.25) is 0 Å². The van der Waals surface area contributed by atoms with Crippen LogP contribution in [0.5, 0.6) is 0 Å². The van der Waals surface area contributed by atoms with E-state index in [1.807, 2.05) is 18.9 Å². The average Bonchev–Trinajstić information content (AvgIpc) is 2.24. The molecule has 0 saturated carbocycles. The molecule has 0 radical (unpaired) electrons. The number of aromatic nitrogens is 1. The van der Waals surface area contributed by atoms with Crippen LogP contribution in [-0.4, -0.2) is 29.1 Å². The maximum absolute atomic E-state index is 11.0. The van der Waals surface area contributed by atoms with E-state index < -0.39 is 5.97 Å². The van der Waals surface area contributed by atoms with Crippen molar-refractivity contribution in [3.63, 3.8) is 0 Å². The number of aryl methyl sites for hydroxylation is 1. The highest BCUT2D eigenvalue weighted by Gasteiger charge is 2.25. The molecular formula is C14H22N2O2. The minimum absolute atomic E-state index is 0.101. The molecule has 0 aliphatic heterocycles. The smallest absolute Gasteiger partial charge is 0.335 e. The fraction of sp³-hybridized carbons (Fsp3) is 0.571. The van der Waals surface area contributed by atoms with E-state index in [9.17, 15) is 4.79 Å². The van der Waals surface area contributed by atoms with Crippen LogP contribution in [0.15, 0.2) is 12.1 Å². The molecular weight excluding hydrogens is 228 g/mol. The van der Waals surface area contributed by atoms with E-state index in [4.69, 9.17) is 5.11 Å². The highest BCUT2D eigenvalue weighted by molar-refractivity contribution is 5.88. The van der Waals surface area contributed by atoms with Crippen LogP contribution in [0.1, 0.15) is 43.7 Å². The summed E-state index contributed by atoms with van der Waals surface area (Å²) in [7, 11) is 1.95. The first-order chi connectivity index (χ1) is 8.12. The minimum atomic E-state index is -0.918. The molecule has 0 spiro atoms. The van der Waals surface area contributed by atoms with Gasteiger partial charge in [-0.25, -0.2) is 9.78 Å². The fourth-order valence-corrected chi connectivity index (χ4v) is 1.73. The predicted octanol–water partition coefficient (Wildman–Crippen LogP) is 2.96. The molecule has 0 amide bonds. The third-order valence-corrected chi connectivity index (χ3v) is 3.38. The number of carboxylic acid groups (broad SMARTS) is 1. The lowest BCUT2D eigenvalue weighted by atomic mass is 9.87. The Labute approximate surface area is 109 Å². The van der Waals surface area contributed by atoms with Gasteiger partial charge in [0, 0.05) is 18.8 Å². The number of rotatable bonds is 3. The topological polar surface area (TPSA) is 53.4 Å². The van der Waals surface area contributed by atoms with Crippen LogP contribution in [0.25, 0.3) is 0 Å². The third kappa shape index (κ3) is 3.22. The third-order valence-electron chi connectivity index (χ3n) is 3.38. The molecule has 0 aliphatic carbocycles. The van der Waals surface area contributed by atoms with E-state index in [0.29, 0.717) is 5.82 Å². The van der Waals surface area contributed by atoms with Crippen LogP contribution < -0.4 is 4.90 Å². The SMILES string of the molecule is Cc1cc(C(=O)O)cc(N(C)C(C)C(C)(C)C)n1. The zero-order valence-electron chi connectivity index (χ0n) is 12.0. The zero-order chi connectivity index (χ0) is 14.1. The second-order valence-corrected chi connectivity index (χ2v) is 5.81. The average molecular weight is 250 g/mol. The molecule has 18 heavy (non-hydrogen) atoms. The van der Waals surface area contributed by atoms with Gasteiger partial charge in [0.05, 0.1) is 5.56 Å². The lowest BCUT2D eigenvalue weighted by Gasteiger charge is -2.36. The van der Waals surface area contributed by atoms with Crippen molar-refractivity contribution in [1.82, 2.24) is 4.98 Å². The summed E-state index contributed by atoms with van der Waals surface area (Å²) in [5.74, 6) is -0.214. The summed E-state index contributed by atoms with van der Waals surface area (Å²) in [5.41, 5.74) is 1.10. The van der Waals surface area contributed by atoms with Crippen LogP contribution in [0.3, 0.4) is 0 Å². The Kier molecular flexibility index (Phi) is 3.99. The zero-order valence-corrected chi connectivity index (χ0v) is 12.0. The maximum atomic E-state index is 11.0. The van der Waals surface area contributed by atoms with E-state index in [0.717, 1.165) is 5.69 Å². The molecule has 0 aliphatic rings. The number of pyridine rings is 1. The first-order valence-electron chi connectivity index (χ1n) is 6.07. The van der Waals surface area contributed by atoms with E-state index in [1.54, 1.807) is 12.1 Å². The number of aromatic carboxylic acids is 1. The summed E-state index contributed by atoms with van der Waals surface area (Å²) in [6.07, 6.45) is 0. The van der Waals surface area contributed by atoms with Gasteiger partial charge in [0.25, 0.3) is 0 Å². The van der Waals surface area contributed by atoms with E-state index in [2.05, 4.69) is 32.7 Å². The largest absolute Gasteiger partial charge is 0.478 e. The van der Waals surface area contributed by atoms with E-state index in [1.165, 1.54) is 0 Å². The molecule has 0 saturated heterocycles. The van der Waals surface area contributed by atoms with Gasteiger partial charge in [0.1, 0.15) is 5.82 Å². The standard InChI is InChI=1S/C14H22N2O2/c1-9-7-11(13(17)18)8-12(15-9)16(6)10(2)14(3,4)5/h7-8,10H,1-6H3,(H,17,18). The van der Waals surface area contributed by atoms with E-state index >= 15 is 0 Å². The lowest BCUT2D eigenvalue weighted by Crippen LogP contribution is -2.40. The van der Waals surface area contributed by atoms with Crippen LogP contribution in [0.4, 0.5) is 5.82 Å². The Hall–Kier alpha value is -1.58. The highest BCUT2D eigenvalue weighted by Crippen LogP contribution is 2.26. The predicted molar refractivity (Wildman–Crippen MR) is 73.3 cm³/mol. The number of carbonyl (C=O) groups is 1. The van der Waals surface area contributed by atoms with Crippen molar-refractivity contribution in [1.29, 1.82) is 0 Å². The van der Waals surface area contributed by atoms with Gasteiger partial charge in [-0.05, 0) is 31.4 Å². The molecule has 1 aromatic rings. The second kappa shape index (κ2) is 4.96. The number of nitrogens with zero attached hydrogens (tertiary/aromatic N) is 2. The van der Waals surface area contributed by atoms with Gasteiger partial charge < -0.3 is 10.0 Å². The fourth-order valence-electron chi connectivity index (χ4n) is 1.73. The van der Waals surface area contributed by atoms with Gasteiger partial charge in [0.15, 0.2) is 0 Å². The first kappa shape index (κ1) is 14.5. The van der Waals surface area contributed by atoms with Crippen LogP contribution in [-0.2, 0) is 0 Å². The molecule has 1 heterocycles. The Bertz CT molecular complexity index is 450. The molecule has 1 atom stereocenters. The van der Waals surface area contributed by atoms with Crippen molar-refractivity contribution in [3.05, 3.63) is 23.4 Å². The summed E-state index contributed by atoms with van der Waals surface area (Å²) in [5, 5.41) is 9.07. The monoisotopic (exact) mass is 250 g/mol. The van der Waals surface area contributed by atoms with Gasteiger partial charge in [-0.15, -0.1) is 0 Å². The summed E-state index contributed by atoms with van der Waals surface area (Å²) >= 11 is 0. The molecule has 4 nitrogen and oxygen atoms in total. The number of hydrogen-bond acceptors (Lipinski definition) is 3. The van der Waals surface area contributed by atoms with Crippen LogP contribution in [0, 0.1) is 12.3 Å². The van der Waals surface area contributed by atoms with Crippen molar-refractivity contribution in [3.8, 4) is 0 Å². The summed E-state index contributed by atoms with van der Waals surface area (Å²) in [6.45, 7) is 10.4. The van der Waals surface area contributed by atoms with Crippen molar-refractivity contribution in [2.45, 2.75) is 40.7 Å². The molecule has 1 N–H and O–H groups in total. The highest BCUT2D eigenvalue weighted by atomic mass is 16.4. The van der Waals surface area contributed by atoms with Gasteiger partial charge in [-0.3, -0.25) is 0 Å². The minimum Gasteiger partial charge on any atom is -0.478 e. The van der Waals surface area contributed by atoms with Gasteiger partial charge in [-0.2, -0.15) is 0 Å². The Morgan fingerprint density at radius 1 is 1.39 bits per heavy atom. The summed E-state index contributed by atoms with van der Waals surface area (Å²) in [4.78, 5) is 17.5. The molecule has 4 heteroatoms. The quantitative estimate of drug-likeness (QED) is 0.896. The Balaban J connectivity index is 3.13. The molecule has 1 unspecified atom stereocenters. The van der Waals surface area contributed by atoms with Crippen molar-refractivity contribution in [2.24, 2.45) is 5.41 Å². The van der Waals surface area contributed by atoms with Gasteiger partial charge in [-0.1, -0.05) is 20.8 Å². The Morgan fingerprint density at radius 2 is 1.94 bits per heavy atom. The Morgan fingerprint density at radius 3 is 2.39 bits per heavy atom. The molecule has 1 aromatic heterocycles. The van der Waals surface area contributed by atoms with Crippen molar-refractivity contribution >= 4 is 11.8 Å². The molecule has 0 aromatic carbocycles. The van der Waals surface area contributed by atoms with Crippen molar-refractivity contribution < 1.29 is 9.90 Å². The number of carboxylic acids is 1. The van der Waals surface area contributed by atoms with Gasteiger partial charge >= 0.3 is 5.97 Å². The van der Waals surface area contributed by atoms with Crippen LogP contribution in [0.2, 0.25) is 0 Å². The molecule has 1 rings (SSSR count). The summed E-state index contributed by atoms with van der Waals surface area (Å²) < 4.78 is 0. The van der Waals surface area contributed by atoms with Crippen molar-refractivity contribution in [2.75, 3.05) is 11.9 Å². The number of anilines is 1. The second-order valence-electron chi connectivity index (χ2n) is 5.81. The molecule has 100 valence electrons.